The number of carbonyl (C=O) groups is 2. The summed E-state index contributed by atoms with van der Waals surface area (Å²) < 4.78 is 5.81. The highest BCUT2D eigenvalue weighted by molar-refractivity contribution is 7.12. The lowest BCUT2D eigenvalue weighted by molar-refractivity contribution is -0.138. The Morgan fingerprint density at radius 2 is 2.09 bits per heavy atom. The third-order valence-corrected chi connectivity index (χ3v) is 6.68. The van der Waals surface area contributed by atoms with Crippen LogP contribution in [0.4, 0.5) is 0 Å². The minimum atomic E-state index is -0.231. The SMILES string of the molecule is CCCN(Cc1nnc(-c2ccccc2Cl)o1)C(=O)C1CCCN(C(=O)c2cccs2)C1. The van der Waals surface area contributed by atoms with Crippen molar-refractivity contribution in [2.75, 3.05) is 19.6 Å². The Morgan fingerprint density at radius 3 is 2.84 bits per heavy atom. The number of likely N-dealkylation sites (tertiary alicyclic amines) is 1. The van der Waals surface area contributed by atoms with Gasteiger partial charge in [-0.15, -0.1) is 21.5 Å². The predicted molar refractivity (Wildman–Crippen MR) is 123 cm³/mol. The van der Waals surface area contributed by atoms with Crippen molar-refractivity contribution < 1.29 is 14.0 Å². The van der Waals surface area contributed by atoms with Crippen LogP contribution >= 0.6 is 22.9 Å². The predicted octanol–water partition coefficient (Wildman–Crippen LogP) is 4.74. The van der Waals surface area contributed by atoms with Crippen LogP contribution in [0.5, 0.6) is 0 Å². The summed E-state index contributed by atoms with van der Waals surface area (Å²) in [4.78, 5) is 30.4. The second kappa shape index (κ2) is 10.3. The summed E-state index contributed by atoms with van der Waals surface area (Å²) in [5.41, 5.74) is 0.663. The molecular weight excluding hydrogens is 448 g/mol. The van der Waals surface area contributed by atoms with Crippen LogP contribution < -0.4 is 0 Å². The van der Waals surface area contributed by atoms with Gasteiger partial charge in [0, 0.05) is 19.6 Å². The number of hydrogen-bond acceptors (Lipinski definition) is 6. The molecule has 1 atom stereocenters. The van der Waals surface area contributed by atoms with Crippen molar-refractivity contribution in [2.24, 2.45) is 5.92 Å². The normalized spacial score (nSPS) is 16.2. The number of piperidine rings is 1. The Kier molecular flexibility index (Phi) is 7.22. The monoisotopic (exact) mass is 472 g/mol. The number of thiophene rings is 1. The van der Waals surface area contributed by atoms with Gasteiger partial charge in [0.05, 0.1) is 27.9 Å². The quantitative estimate of drug-likeness (QED) is 0.496. The molecule has 1 aliphatic heterocycles. The number of aromatic nitrogens is 2. The van der Waals surface area contributed by atoms with Crippen LogP contribution in [0.1, 0.15) is 41.7 Å². The first-order valence-corrected chi connectivity index (χ1v) is 12.0. The number of rotatable bonds is 7. The first-order valence-electron chi connectivity index (χ1n) is 10.8. The standard InChI is InChI=1S/C23H25ClN4O3S/c1-2-11-27(15-20-25-26-21(31-20)17-8-3-4-9-18(17)24)22(29)16-7-5-12-28(14-16)23(30)19-10-6-13-32-19/h3-4,6,8-10,13,16H,2,5,7,11-12,14-15H2,1H3. The third kappa shape index (κ3) is 5.02. The van der Waals surface area contributed by atoms with Crippen LogP contribution in [0.15, 0.2) is 46.2 Å². The zero-order chi connectivity index (χ0) is 22.5. The highest BCUT2D eigenvalue weighted by Gasteiger charge is 2.32. The second-order valence-electron chi connectivity index (χ2n) is 7.81. The molecule has 7 nitrogen and oxygen atoms in total. The van der Waals surface area contributed by atoms with E-state index in [1.54, 1.807) is 15.9 Å². The smallest absolute Gasteiger partial charge is 0.263 e. The van der Waals surface area contributed by atoms with Gasteiger partial charge in [-0.2, -0.15) is 0 Å². The molecule has 1 saturated heterocycles. The molecule has 32 heavy (non-hydrogen) atoms. The second-order valence-corrected chi connectivity index (χ2v) is 9.16. The van der Waals surface area contributed by atoms with Crippen LogP contribution in [0, 0.1) is 5.92 Å². The maximum absolute atomic E-state index is 13.4. The molecule has 1 fully saturated rings. The lowest BCUT2D eigenvalue weighted by Gasteiger charge is -2.34. The summed E-state index contributed by atoms with van der Waals surface area (Å²) in [6, 6.07) is 11.0. The average molecular weight is 473 g/mol. The summed E-state index contributed by atoms with van der Waals surface area (Å²) in [6.07, 6.45) is 2.38. The van der Waals surface area contributed by atoms with Crippen molar-refractivity contribution in [1.29, 1.82) is 0 Å². The average Bonchev–Trinajstić information content (AvgIpc) is 3.51. The zero-order valence-corrected chi connectivity index (χ0v) is 19.4. The molecule has 0 aliphatic carbocycles. The summed E-state index contributed by atoms with van der Waals surface area (Å²) in [5.74, 6) is 0.489. The lowest BCUT2D eigenvalue weighted by atomic mass is 9.96. The van der Waals surface area contributed by atoms with Crippen molar-refractivity contribution in [2.45, 2.75) is 32.7 Å². The molecule has 3 heterocycles. The van der Waals surface area contributed by atoms with E-state index < -0.39 is 0 Å². The van der Waals surface area contributed by atoms with Crippen molar-refractivity contribution in [3.8, 4) is 11.5 Å². The van der Waals surface area contributed by atoms with Gasteiger partial charge < -0.3 is 14.2 Å². The largest absolute Gasteiger partial charge is 0.419 e. The molecule has 4 rings (SSSR count). The van der Waals surface area contributed by atoms with Crippen LogP contribution in [0.2, 0.25) is 5.02 Å². The van der Waals surface area contributed by atoms with E-state index in [-0.39, 0.29) is 24.3 Å². The van der Waals surface area contributed by atoms with Crippen LogP contribution in [-0.2, 0) is 11.3 Å². The van der Waals surface area contributed by atoms with Gasteiger partial charge in [-0.3, -0.25) is 9.59 Å². The highest BCUT2D eigenvalue weighted by atomic mass is 35.5. The minimum absolute atomic E-state index is 0.000763. The Hall–Kier alpha value is -2.71. The number of amides is 2. The van der Waals surface area contributed by atoms with Gasteiger partial charge in [0.25, 0.3) is 5.91 Å². The van der Waals surface area contributed by atoms with Gasteiger partial charge in [-0.05, 0) is 42.8 Å². The molecule has 0 spiro atoms. The molecule has 0 bridgehead atoms. The molecular formula is C23H25ClN4O3S. The molecule has 168 valence electrons. The van der Waals surface area contributed by atoms with Crippen LogP contribution in [0.3, 0.4) is 0 Å². The van der Waals surface area contributed by atoms with E-state index in [1.807, 2.05) is 42.6 Å². The number of carbonyl (C=O) groups excluding carboxylic acids is 2. The summed E-state index contributed by atoms with van der Waals surface area (Å²) in [7, 11) is 0. The fourth-order valence-corrected chi connectivity index (χ4v) is 4.85. The molecule has 2 amide bonds. The molecule has 0 saturated carbocycles. The fourth-order valence-electron chi connectivity index (χ4n) is 3.94. The molecule has 0 N–H and O–H groups in total. The maximum Gasteiger partial charge on any atom is 0.263 e. The van der Waals surface area contributed by atoms with E-state index in [2.05, 4.69) is 10.2 Å². The molecule has 2 aromatic heterocycles. The number of nitrogens with zero attached hydrogens (tertiary/aromatic N) is 4. The van der Waals surface area contributed by atoms with E-state index in [1.165, 1.54) is 11.3 Å². The summed E-state index contributed by atoms with van der Waals surface area (Å²) >= 11 is 7.66. The Labute approximate surface area is 196 Å². The van der Waals surface area contributed by atoms with Crippen molar-refractivity contribution in [1.82, 2.24) is 20.0 Å². The molecule has 9 heteroatoms. The highest BCUT2D eigenvalue weighted by Crippen LogP contribution is 2.27. The fraction of sp³-hybridized carbons (Fsp3) is 0.391. The van der Waals surface area contributed by atoms with E-state index in [4.69, 9.17) is 16.0 Å². The van der Waals surface area contributed by atoms with Gasteiger partial charge in [0.2, 0.25) is 17.7 Å². The Bertz CT molecular complexity index is 1070. The lowest BCUT2D eigenvalue weighted by Crippen LogP contribution is -2.46. The van der Waals surface area contributed by atoms with Gasteiger partial charge >= 0.3 is 0 Å². The number of hydrogen-bond donors (Lipinski definition) is 0. The first-order chi connectivity index (χ1) is 15.6. The van der Waals surface area contributed by atoms with Crippen molar-refractivity contribution >= 4 is 34.8 Å². The zero-order valence-electron chi connectivity index (χ0n) is 17.9. The molecule has 3 aromatic rings. The maximum atomic E-state index is 13.4. The minimum Gasteiger partial charge on any atom is -0.419 e. The van der Waals surface area contributed by atoms with E-state index in [0.29, 0.717) is 46.9 Å². The Balaban J connectivity index is 1.45. The van der Waals surface area contributed by atoms with E-state index in [0.717, 1.165) is 19.3 Å². The number of halogens is 1. The van der Waals surface area contributed by atoms with Crippen molar-refractivity contribution in [3.63, 3.8) is 0 Å². The van der Waals surface area contributed by atoms with Gasteiger partial charge in [0.1, 0.15) is 0 Å². The first kappa shape index (κ1) is 22.5. The molecule has 1 aromatic carbocycles. The van der Waals surface area contributed by atoms with Crippen molar-refractivity contribution in [3.05, 3.63) is 57.6 Å². The van der Waals surface area contributed by atoms with Gasteiger partial charge in [0.15, 0.2) is 0 Å². The molecule has 1 aliphatic rings. The Morgan fingerprint density at radius 1 is 1.25 bits per heavy atom. The van der Waals surface area contributed by atoms with Crippen LogP contribution in [0.25, 0.3) is 11.5 Å². The van der Waals surface area contributed by atoms with E-state index in [9.17, 15) is 9.59 Å². The molecule has 1 unspecified atom stereocenters. The third-order valence-electron chi connectivity index (χ3n) is 5.49. The van der Waals surface area contributed by atoms with Crippen LogP contribution in [-0.4, -0.2) is 51.4 Å². The number of benzene rings is 1. The van der Waals surface area contributed by atoms with Gasteiger partial charge in [-0.1, -0.05) is 36.7 Å². The molecule has 0 radical (unpaired) electrons. The summed E-state index contributed by atoms with van der Waals surface area (Å²) in [5, 5.41) is 10.7. The van der Waals surface area contributed by atoms with E-state index >= 15 is 0 Å². The van der Waals surface area contributed by atoms with Gasteiger partial charge in [-0.25, -0.2) is 0 Å². The summed E-state index contributed by atoms with van der Waals surface area (Å²) in [6.45, 7) is 3.96. The topological polar surface area (TPSA) is 79.5 Å².